The van der Waals surface area contributed by atoms with E-state index in [0.717, 1.165) is 11.3 Å². The molecule has 5 heteroatoms. The fraction of sp³-hybridized carbons (Fsp3) is 0.444. The van der Waals surface area contributed by atoms with Gasteiger partial charge in [0.05, 0.1) is 6.10 Å². The Balaban J connectivity index is 2.89. The molecule has 0 amide bonds. The van der Waals surface area contributed by atoms with Crippen molar-refractivity contribution in [1.82, 2.24) is 4.98 Å². The van der Waals surface area contributed by atoms with Gasteiger partial charge in [-0.2, -0.15) is 0 Å². The SMILES string of the molecule is Cc1cc(CC(C)O)ncc1B(O)O. The summed E-state index contributed by atoms with van der Waals surface area (Å²) in [5.74, 6) is 0. The van der Waals surface area contributed by atoms with Crippen molar-refractivity contribution in [2.45, 2.75) is 26.4 Å². The second-order valence-corrected chi connectivity index (χ2v) is 3.46. The Kier molecular flexibility index (Phi) is 3.63. The summed E-state index contributed by atoms with van der Waals surface area (Å²) in [5.41, 5.74) is 1.92. The Hall–Kier alpha value is -0.905. The predicted molar refractivity (Wildman–Crippen MR) is 54.2 cm³/mol. The standard InChI is InChI=1S/C9H14BNO3/c1-6-3-8(4-7(2)12)11-5-9(6)10(13)14/h3,5,7,12-14H,4H2,1-2H3. The summed E-state index contributed by atoms with van der Waals surface area (Å²) in [5, 5.41) is 27.0. The minimum Gasteiger partial charge on any atom is -0.423 e. The number of aliphatic hydroxyl groups excluding tert-OH is 1. The summed E-state index contributed by atoms with van der Waals surface area (Å²) in [6.45, 7) is 3.47. The molecule has 0 fully saturated rings. The van der Waals surface area contributed by atoms with Gasteiger partial charge in [-0.1, -0.05) is 0 Å². The number of aliphatic hydroxyl groups is 1. The fourth-order valence-electron chi connectivity index (χ4n) is 1.31. The third kappa shape index (κ3) is 2.80. The van der Waals surface area contributed by atoms with Gasteiger partial charge in [0.2, 0.25) is 0 Å². The minimum atomic E-state index is -1.48. The van der Waals surface area contributed by atoms with Gasteiger partial charge in [-0.15, -0.1) is 0 Å². The molecule has 1 heterocycles. The van der Waals surface area contributed by atoms with E-state index in [4.69, 9.17) is 15.2 Å². The molecule has 0 bridgehead atoms. The van der Waals surface area contributed by atoms with Gasteiger partial charge < -0.3 is 15.2 Å². The van der Waals surface area contributed by atoms with Crippen LogP contribution in [0, 0.1) is 6.92 Å². The number of pyridine rings is 1. The molecule has 0 radical (unpaired) electrons. The maximum Gasteiger partial charge on any atom is 0.490 e. The Labute approximate surface area is 83.4 Å². The van der Waals surface area contributed by atoms with Crippen LogP contribution in [-0.4, -0.2) is 33.4 Å². The molecule has 1 unspecified atom stereocenters. The average molecular weight is 195 g/mol. The summed E-state index contributed by atoms with van der Waals surface area (Å²) < 4.78 is 0. The first-order valence-electron chi connectivity index (χ1n) is 4.50. The van der Waals surface area contributed by atoms with E-state index in [1.165, 1.54) is 6.20 Å². The number of aromatic nitrogens is 1. The van der Waals surface area contributed by atoms with Gasteiger partial charge in [-0.05, 0) is 25.5 Å². The molecule has 1 aromatic rings. The van der Waals surface area contributed by atoms with Crippen molar-refractivity contribution >= 4 is 12.6 Å². The first-order valence-corrected chi connectivity index (χ1v) is 4.50. The molecular formula is C9H14BNO3. The van der Waals surface area contributed by atoms with E-state index in [0.29, 0.717) is 11.9 Å². The molecule has 14 heavy (non-hydrogen) atoms. The molecular weight excluding hydrogens is 181 g/mol. The molecule has 0 aliphatic heterocycles. The smallest absolute Gasteiger partial charge is 0.423 e. The Bertz CT molecular complexity index is 315. The zero-order valence-electron chi connectivity index (χ0n) is 8.31. The zero-order valence-corrected chi connectivity index (χ0v) is 8.31. The van der Waals surface area contributed by atoms with Gasteiger partial charge in [-0.3, -0.25) is 4.98 Å². The zero-order chi connectivity index (χ0) is 10.7. The van der Waals surface area contributed by atoms with Gasteiger partial charge in [0.1, 0.15) is 0 Å². The van der Waals surface area contributed by atoms with Crippen LogP contribution in [0.15, 0.2) is 12.3 Å². The topological polar surface area (TPSA) is 73.6 Å². The lowest BCUT2D eigenvalue weighted by molar-refractivity contribution is 0.194. The maximum absolute atomic E-state index is 9.14. The first kappa shape index (κ1) is 11.2. The van der Waals surface area contributed by atoms with Gasteiger partial charge in [0, 0.05) is 23.8 Å². The second kappa shape index (κ2) is 4.55. The second-order valence-electron chi connectivity index (χ2n) is 3.46. The molecule has 1 rings (SSSR count). The number of aryl methyl sites for hydroxylation is 1. The van der Waals surface area contributed by atoms with Gasteiger partial charge in [0.25, 0.3) is 0 Å². The van der Waals surface area contributed by atoms with Crippen LogP contribution >= 0.6 is 0 Å². The average Bonchev–Trinajstić information content (AvgIpc) is 2.01. The molecule has 76 valence electrons. The van der Waals surface area contributed by atoms with Crippen LogP contribution in [0.4, 0.5) is 0 Å². The lowest BCUT2D eigenvalue weighted by Gasteiger charge is -2.07. The Morgan fingerprint density at radius 3 is 2.57 bits per heavy atom. The van der Waals surface area contributed by atoms with E-state index in [1.807, 2.05) is 0 Å². The molecule has 3 N–H and O–H groups in total. The van der Waals surface area contributed by atoms with E-state index in [1.54, 1.807) is 19.9 Å². The molecule has 0 aliphatic rings. The fourth-order valence-corrected chi connectivity index (χ4v) is 1.31. The van der Waals surface area contributed by atoms with E-state index >= 15 is 0 Å². The molecule has 0 spiro atoms. The van der Waals surface area contributed by atoms with Gasteiger partial charge >= 0.3 is 7.12 Å². The normalized spacial score (nSPS) is 12.6. The summed E-state index contributed by atoms with van der Waals surface area (Å²) in [6.07, 6.45) is 1.46. The van der Waals surface area contributed by atoms with Gasteiger partial charge in [-0.25, -0.2) is 0 Å². The van der Waals surface area contributed by atoms with Crippen LogP contribution in [0.1, 0.15) is 18.2 Å². The van der Waals surface area contributed by atoms with Crippen LogP contribution in [0.25, 0.3) is 0 Å². The maximum atomic E-state index is 9.14. The minimum absolute atomic E-state index is 0.402. The molecule has 1 aromatic heterocycles. The van der Waals surface area contributed by atoms with Crippen molar-refractivity contribution in [3.8, 4) is 0 Å². The van der Waals surface area contributed by atoms with Crippen LogP contribution in [0.3, 0.4) is 0 Å². The summed E-state index contributed by atoms with van der Waals surface area (Å²) in [4.78, 5) is 4.02. The van der Waals surface area contributed by atoms with E-state index in [9.17, 15) is 0 Å². The third-order valence-corrected chi connectivity index (χ3v) is 1.99. The molecule has 0 saturated heterocycles. The summed E-state index contributed by atoms with van der Waals surface area (Å²) in [7, 11) is -1.48. The quantitative estimate of drug-likeness (QED) is 0.540. The Morgan fingerprint density at radius 2 is 2.14 bits per heavy atom. The highest BCUT2D eigenvalue weighted by atomic mass is 16.4. The molecule has 1 atom stereocenters. The lowest BCUT2D eigenvalue weighted by atomic mass is 9.78. The van der Waals surface area contributed by atoms with Crippen LogP contribution in [0.5, 0.6) is 0 Å². The molecule has 4 nitrogen and oxygen atoms in total. The van der Waals surface area contributed by atoms with Crippen molar-refractivity contribution in [2.75, 3.05) is 0 Å². The summed E-state index contributed by atoms with van der Waals surface area (Å²) in [6, 6.07) is 1.75. The molecule has 0 aliphatic carbocycles. The van der Waals surface area contributed by atoms with Crippen molar-refractivity contribution in [3.05, 3.63) is 23.5 Å². The third-order valence-electron chi connectivity index (χ3n) is 1.99. The Morgan fingerprint density at radius 1 is 1.50 bits per heavy atom. The van der Waals surface area contributed by atoms with Crippen molar-refractivity contribution in [2.24, 2.45) is 0 Å². The first-order chi connectivity index (χ1) is 6.50. The number of rotatable bonds is 3. The largest absolute Gasteiger partial charge is 0.490 e. The predicted octanol–water partition coefficient (Wildman–Crippen LogP) is -1.01. The highest BCUT2D eigenvalue weighted by Crippen LogP contribution is 2.02. The molecule has 0 aromatic carbocycles. The van der Waals surface area contributed by atoms with Gasteiger partial charge in [0.15, 0.2) is 0 Å². The number of hydrogen-bond acceptors (Lipinski definition) is 4. The monoisotopic (exact) mass is 195 g/mol. The van der Waals surface area contributed by atoms with Crippen LogP contribution in [0.2, 0.25) is 0 Å². The lowest BCUT2D eigenvalue weighted by Crippen LogP contribution is -2.32. The van der Waals surface area contributed by atoms with Crippen molar-refractivity contribution in [1.29, 1.82) is 0 Å². The van der Waals surface area contributed by atoms with Crippen LogP contribution in [-0.2, 0) is 6.42 Å². The van der Waals surface area contributed by atoms with Crippen LogP contribution < -0.4 is 5.46 Å². The molecule has 0 saturated carbocycles. The highest BCUT2D eigenvalue weighted by molar-refractivity contribution is 6.59. The number of nitrogens with zero attached hydrogens (tertiary/aromatic N) is 1. The summed E-state index contributed by atoms with van der Waals surface area (Å²) >= 11 is 0. The number of hydrogen-bond donors (Lipinski definition) is 3. The highest BCUT2D eigenvalue weighted by Gasteiger charge is 2.14. The van der Waals surface area contributed by atoms with Crippen molar-refractivity contribution < 1.29 is 15.2 Å². The van der Waals surface area contributed by atoms with E-state index in [2.05, 4.69) is 4.98 Å². The van der Waals surface area contributed by atoms with E-state index in [-0.39, 0.29) is 0 Å². The van der Waals surface area contributed by atoms with E-state index < -0.39 is 13.2 Å². The van der Waals surface area contributed by atoms with Crippen molar-refractivity contribution in [3.63, 3.8) is 0 Å².